The molecule has 0 amide bonds. The number of hydrogen-bond donors (Lipinski definition) is 0. The van der Waals surface area contributed by atoms with E-state index in [-0.39, 0.29) is 0 Å². The Kier molecular flexibility index (Phi) is 4.26. The summed E-state index contributed by atoms with van der Waals surface area (Å²) in [6, 6.07) is 44.9. The van der Waals surface area contributed by atoms with Crippen LogP contribution in [-0.2, 0) is 0 Å². The average molecular weight is 472 g/mol. The third-order valence-corrected chi connectivity index (χ3v) is 7.44. The zero-order chi connectivity index (χ0) is 24.3. The number of para-hydroxylation sites is 2. The number of fused-ring (bicyclic) bond motifs is 7. The molecule has 8 rings (SSSR count). The molecule has 2 heterocycles. The van der Waals surface area contributed by atoms with Crippen LogP contribution in [0.3, 0.4) is 0 Å². The van der Waals surface area contributed by atoms with Gasteiger partial charge in [-0.05, 0) is 57.6 Å². The standard InChI is InChI=1S/C35H21NO/c1-2-13-25-22(9-1)10-8-16-26(25)23-11-7-12-24(19-23)35-31-20-30-28-15-4-6-18-33(28)37-34(30)21-29(31)27-14-3-5-17-32(27)36-35/h1-21H. The van der Waals surface area contributed by atoms with Gasteiger partial charge in [-0.2, -0.15) is 0 Å². The number of pyridine rings is 1. The van der Waals surface area contributed by atoms with Gasteiger partial charge < -0.3 is 4.42 Å². The number of rotatable bonds is 2. The van der Waals surface area contributed by atoms with E-state index in [0.717, 1.165) is 54.9 Å². The monoisotopic (exact) mass is 471 g/mol. The highest BCUT2D eigenvalue weighted by atomic mass is 16.3. The van der Waals surface area contributed by atoms with E-state index in [1.165, 1.54) is 21.9 Å². The summed E-state index contributed by atoms with van der Waals surface area (Å²) < 4.78 is 6.25. The molecule has 2 nitrogen and oxygen atoms in total. The summed E-state index contributed by atoms with van der Waals surface area (Å²) in [5.41, 5.74) is 7.30. The minimum atomic E-state index is 0.903. The maximum absolute atomic E-state index is 6.25. The van der Waals surface area contributed by atoms with Crippen LogP contribution in [0.15, 0.2) is 132 Å². The Morgan fingerprint density at radius 2 is 1.16 bits per heavy atom. The second-order valence-corrected chi connectivity index (χ2v) is 9.58. The average Bonchev–Trinajstić information content (AvgIpc) is 3.33. The van der Waals surface area contributed by atoms with Crippen molar-refractivity contribution in [2.24, 2.45) is 0 Å². The van der Waals surface area contributed by atoms with Crippen LogP contribution in [0.4, 0.5) is 0 Å². The smallest absolute Gasteiger partial charge is 0.136 e. The van der Waals surface area contributed by atoms with Crippen molar-refractivity contribution in [1.82, 2.24) is 4.98 Å². The van der Waals surface area contributed by atoms with E-state index in [1.807, 2.05) is 12.1 Å². The molecule has 2 aromatic heterocycles. The van der Waals surface area contributed by atoms with Gasteiger partial charge in [0.1, 0.15) is 11.2 Å². The van der Waals surface area contributed by atoms with E-state index >= 15 is 0 Å². The molecule has 0 bridgehead atoms. The Hall–Kier alpha value is -4.95. The second-order valence-electron chi connectivity index (χ2n) is 9.58. The first-order chi connectivity index (χ1) is 18.3. The zero-order valence-electron chi connectivity index (χ0n) is 20.0. The molecule has 0 aliphatic carbocycles. The van der Waals surface area contributed by atoms with Crippen molar-refractivity contribution in [3.8, 4) is 22.4 Å². The quantitative estimate of drug-likeness (QED) is 0.235. The van der Waals surface area contributed by atoms with Gasteiger partial charge in [-0.25, -0.2) is 4.98 Å². The Morgan fingerprint density at radius 3 is 2.11 bits per heavy atom. The van der Waals surface area contributed by atoms with Crippen LogP contribution < -0.4 is 0 Å². The highest BCUT2D eigenvalue weighted by molar-refractivity contribution is 6.18. The minimum absolute atomic E-state index is 0.903. The van der Waals surface area contributed by atoms with Crippen molar-refractivity contribution in [3.05, 3.63) is 127 Å². The van der Waals surface area contributed by atoms with Gasteiger partial charge in [-0.3, -0.25) is 0 Å². The molecule has 0 saturated carbocycles. The van der Waals surface area contributed by atoms with Gasteiger partial charge in [-0.1, -0.05) is 97.1 Å². The lowest BCUT2D eigenvalue weighted by atomic mass is 9.94. The molecule has 37 heavy (non-hydrogen) atoms. The molecule has 0 aliphatic rings. The van der Waals surface area contributed by atoms with Crippen LogP contribution in [-0.4, -0.2) is 4.98 Å². The largest absolute Gasteiger partial charge is 0.456 e. The normalized spacial score (nSPS) is 11.8. The van der Waals surface area contributed by atoms with Gasteiger partial charge in [0.05, 0.1) is 11.2 Å². The Bertz CT molecular complexity index is 2150. The van der Waals surface area contributed by atoms with E-state index in [4.69, 9.17) is 9.40 Å². The zero-order valence-corrected chi connectivity index (χ0v) is 20.0. The Morgan fingerprint density at radius 1 is 0.432 bits per heavy atom. The molecule has 0 N–H and O–H groups in total. The maximum atomic E-state index is 6.25. The van der Waals surface area contributed by atoms with Crippen LogP contribution in [0.5, 0.6) is 0 Å². The van der Waals surface area contributed by atoms with Crippen molar-refractivity contribution in [1.29, 1.82) is 0 Å². The van der Waals surface area contributed by atoms with Crippen molar-refractivity contribution in [2.45, 2.75) is 0 Å². The highest BCUT2D eigenvalue weighted by Gasteiger charge is 2.15. The number of benzene rings is 6. The highest BCUT2D eigenvalue weighted by Crippen LogP contribution is 2.39. The van der Waals surface area contributed by atoms with E-state index < -0.39 is 0 Å². The molecular formula is C35H21NO. The third kappa shape index (κ3) is 3.09. The van der Waals surface area contributed by atoms with Crippen LogP contribution in [0.1, 0.15) is 0 Å². The van der Waals surface area contributed by atoms with Crippen LogP contribution in [0.25, 0.3) is 76.8 Å². The lowest BCUT2D eigenvalue weighted by molar-refractivity contribution is 0.669. The summed E-state index contributed by atoms with van der Waals surface area (Å²) in [4.78, 5) is 5.21. The molecule has 0 atom stereocenters. The molecule has 2 heteroatoms. The summed E-state index contributed by atoms with van der Waals surface area (Å²) >= 11 is 0. The van der Waals surface area contributed by atoms with Gasteiger partial charge in [0, 0.05) is 27.1 Å². The summed E-state index contributed by atoms with van der Waals surface area (Å²) in [5, 5.41) is 8.16. The van der Waals surface area contributed by atoms with Crippen molar-refractivity contribution in [2.75, 3.05) is 0 Å². The van der Waals surface area contributed by atoms with Crippen LogP contribution in [0.2, 0.25) is 0 Å². The Balaban J connectivity index is 1.44. The van der Waals surface area contributed by atoms with E-state index in [0.29, 0.717) is 0 Å². The molecule has 0 fully saturated rings. The fourth-order valence-electron chi connectivity index (χ4n) is 5.70. The molecule has 0 radical (unpaired) electrons. The van der Waals surface area contributed by atoms with Gasteiger partial charge in [0.15, 0.2) is 0 Å². The van der Waals surface area contributed by atoms with Gasteiger partial charge in [0.2, 0.25) is 0 Å². The topological polar surface area (TPSA) is 26.0 Å². The van der Waals surface area contributed by atoms with Crippen molar-refractivity contribution in [3.63, 3.8) is 0 Å². The lowest BCUT2D eigenvalue weighted by Gasteiger charge is -2.12. The minimum Gasteiger partial charge on any atom is -0.456 e. The number of furan rings is 1. The van der Waals surface area contributed by atoms with Gasteiger partial charge in [0.25, 0.3) is 0 Å². The summed E-state index contributed by atoms with van der Waals surface area (Å²) in [6.45, 7) is 0. The summed E-state index contributed by atoms with van der Waals surface area (Å²) in [7, 11) is 0. The molecule has 172 valence electrons. The number of hydrogen-bond acceptors (Lipinski definition) is 2. The van der Waals surface area contributed by atoms with E-state index in [1.54, 1.807) is 0 Å². The van der Waals surface area contributed by atoms with Gasteiger partial charge in [-0.15, -0.1) is 0 Å². The first kappa shape index (κ1) is 20.3. The molecular weight excluding hydrogens is 450 g/mol. The summed E-state index contributed by atoms with van der Waals surface area (Å²) in [5.74, 6) is 0. The first-order valence-electron chi connectivity index (χ1n) is 12.6. The molecule has 0 saturated heterocycles. The van der Waals surface area contributed by atoms with E-state index in [9.17, 15) is 0 Å². The lowest BCUT2D eigenvalue weighted by Crippen LogP contribution is -1.91. The predicted octanol–water partition coefficient (Wildman–Crippen LogP) is 9.77. The SMILES string of the molecule is c1cc(-c2cccc3ccccc23)cc(-c2nc3ccccc3c3cc4oc5ccccc5c4cc23)c1. The van der Waals surface area contributed by atoms with E-state index in [2.05, 4.69) is 115 Å². The predicted molar refractivity (Wildman–Crippen MR) is 155 cm³/mol. The molecule has 0 aliphatic heterocycles. The fraction of sp³-hybridized carbons (Fsp3) is 0. The van der Waals surface area contributed by atoms with Gasteiger partial charge >= 0.3 is 0 Å². The van der Waals surface area contributed by atoms with Crippen LogP contribution in [0, 0.1) is 0 Å². The maximum Gasteiger partial charge on any atom is 0.136 e. The second kappa shape index (κ2) is 7.78. The molecule has 8 aromatic rings. The van der Waals surface area contributed by atoms with Crippen molar-refractivity contribution < 1.29 is 4.42 Å². The number of nitrogens with zero attached hydrogens (tertiary/aromatic N) is 1. The fourth-order valence-corrected chi connectivity index (χ4v) is 5.70. The van der Waals surface area contributed by atoms with Crippen LogP contribution >= 0.6 is 0 Å². The first-order valence-corrected chi connectivity index (χ1v) is 12.6. The number of aromatic nitrogens is 1. The summed E-state index contributed by atoms with van der Waals surface area (Å²) in [6.07, 6.45) is 0. The molecule has 0 spiro atoms. The third-order valence-electron chi connectivity index (χ3n) is 7.44. The molecule has 6 aromatic carbocycles. The molecule has 0 unspecified atom stereocenters. The van der Waals surface area contributed by atoms with Crippen molar-refractivity contribution >= 4 is 54.4 Å². The Labute approximate surface area is 213 Å².